The number of hydrogen-bond acceptors (Lipinski definition) is 11. The Hall–Kier alpha value is -5.03. The number of carbonyl (C=O) groups excluding carboxylic acids is 5. The molecular weight excluding hydrogens is 536 g/mol. The molecule has 2 N–H and O–H groups in total. The molecule has 3 aromatic rings. The van der Waals surface area contributed by atoms with Crippen LogP contribution in [0.25, 0.3) is 11.3 Å². The minimum absolute atomic E-state index is 0.00147. The van der Waals surface area contributed by atoms with E-state index in [1.165, 1.54) is 56.7 Å². The molecule has 11 nitrogen and oxygen atoms in total. The van der Waals surface area contributed by atoms with Gasteiger partial charge in [-0.15, -0.1) is 0 Å². The number of carbonyl (C=O) groups is 5. The Morgan fingerprint density at radius 2 is 1.59 bits per heavy atom. The smallest absolute Gasteiger partial charge is 0.313 e. The fraction of sp³-hybridized carbons (Fsp3) is 0.233. The molecule has 0 bridgehead atoms. The molecule has 2 aromatic carbocycles. The highest BCUT2D eigenvalue weighted by Gasteiger charge is 2.61. The van der Waals surface area contributed by atoms with Crippen LogP contribution >= 0.6 is 0 Å². The van der Waals surface area contributed by atoms with Crippen LogP contribution in [0.1, 0.15) is 55.2 Å². The van der Waals surface area contributed by atoms with Crippen molar-refractivity contribution in [2.75, 3.05) is 14.2 Å². The summed E-state index contributed by atoms with van der Waals surface area (Å²) < 4.78 is 21.9. The van der Waals surface area contributed by atoms with E-state index in [2.05, 4.69) is 0 Å². The van der Waals surface area contributed by atoms with Crippen LogP contribution in [-0.2, 0) is 35.8 Å². The van der Waals surface area contributed by atoms with E-state index in [4.69, 9.17) is 18.6 Å². The lowest BCUT2D eigenvalue weighted by Gasteiger charge is -2.45. The van der Waals surface area contributed by atoms with Crippen molar-refractivity contribution in [3.8, 4) is 22.8 Å². The molecule has 11 heteroatoms. The number of esters is 2. The first kappa shape index (κ1) is 26.2. The van der Waals surface area contributed by atoms with Gasteiger partial charge in [-0.25, -0.2) is 0 Å². The summed E-state index contributed by atoms with van der Waals surface area (Å²) >= 11 is 0. The number of ether oxygens (including phenoxy) is 3. The molecule has 1 aromatic heterocycles. The van der Waals surface area contributed by atoms with Gasteiger partial charge in [-0.3, -0.25) is 24.0 Å². The van der Waals surface area contributed by atoms with E-state index in [0.717, 1.165) is 0 Å². The highest BCUT2D eigenvalue weighted by Crippen LogP contribution is 2.56. The van der Waals surface area contributed by atoms with Crippen molar-refractivity contribution in [2.45, 2.75) is 31.0 Å². The van der Waals surface area contributed by atoms with Crippen LogP contribution in [0.15, 0.2) is 58.0 Å². The number of benzene rings is 2. The van der Waals surface area contributed by atoms with E-state index >= 15 is 0 Å². The molecule has 2 atom stereocenters. The maximum Gasteiger partial charge on any atom is 0.313 e. The molecule has 1 spiro atoms. The molecule has 1 aliphatic heterocycles. The third-order valence-corrected chi connectivity index (χ3v) is 7.61. The van der Waals surface area contributed by atoms with E-state index in [-0.39, 0.29) is 69.7 Å². The minimum atomic E-state index is -2.38. The Labute approximate surface area is 231 Å². The Kier molecular flexibility index (Phi) is 5.93. The molecule has 0 unspecified atom stereocenters. The van der Waals surface area contributed by atoms with Gasteiger partial charge in [0.05, 0.1) is 43.4 Å². The lowest BCUT2D eigenvalue weighted by molar-refractivity contribution is -0.147. The summed E-state index contributed by atoms with van der Waals surface area (Å²) in [6.07, 6.45) is -2.03. The monoisotopic (exact) mass is 558 g/mol. The molecule has 0 saturated carbocycles. The number of furan rings is 1. The van der Waals surface area contributed by atoms with Gasteiger partial charge in [0.25, 0.3) is 0 Å². The van der Waals surface area contributed by atoms with Crippen molar-refractivity contribution < 1.29 is 52.8 Å². The van der Waals surface area contributed by atoms with Gasteiger partial charge in [0.15, 0.2) is 17.2 Å². The summed E-state index contributed by atoms with van der Waals surface area (Å²) in [4.78, 5) is 67.1. The van der Waals surface area contributed by atoms with Crippen LogP contribution in [0, 0.1) is 0 Å². The highest BCUT2D eigenvalue weighted by atomic mass is 16.5. The maximum absolute atomic E-state index is 14.6. The second-order valence-corrected chi connectivity index (χ2v) is 9.85. The Bertz CT molecular complexity index is 1740. The van der Waals surface area contributed by atoms with Gasteiger partial charge in [-0.1, -0.05) is 24.3 Å². The predicted octanol–water partition coefficient (Wildman–Crippen LogP) is 3.19. The first-order valence-electron chi connectivity index (χ1n) is 12.6. The lowest BCUT2D eigenvalue weighted by atomic mass is 9.65. The summed E-state index contributed by atoms with van der Waals surface area (Å²) in [6, 6.07) is 9.68. The van der Waals surface area contributed by atoms with Crippen LogP contribution in [-0.4, -0.2) is 59.8 Å². The Morgan fingerprint density at radius 3 is 2.27 bits per heavy atom. The Balaban J connectivity index is 1.69. The number of ketones is 3. The molecule has 0 radical (unpaired) electrons. The van der Waals surface area contributed by atoms with Crippen molar-refractivity contribution in [2.24, 2.45) is 0 Å². The second kappa shape index (κ2) is 9.27. The van der Waals surface area contributed by atoms with Crippen LogP contribution in [0.5, 0.6) is 11.5 Å². The van der Waals surface area contributed by atoms with E-state index in [1.807, 2.05) is 0 Å². The molecule has 3 aliphatic rings. The van der Waals surface area contributed by atoms with Crippen LogP contribution in [0.2, 0.25) is 0 Å². The predicted molar refractivity (Wildman–Crippen MR) is 137 cm³/mol. The van der Waals surface area contributed by atoms with Gasteiger partial charge >= 0.3 is 11.9 Å². The van der Waals surface area contributed by atoms with Crippen molar-refractivity contribution in [3.05, 3.63) is 81.6 Å². The SMILES string of the molecule is COC(=O)Cc1cc2c(o1)-c1cccc(O)c1C(=O)[C@@]21O[C@H](CC(=O)OC)CC2=C1C(=O)c1c(O)cccc1C2=O. The summed E-state index contributed by atoms with van der Waals surface area (Å²) in [5, 5.41) is 21.5. The van der Waals surface area contributed by atoms with E-state index < -0.39 is 52.5 Å². The fourth-order valence-electron chi connectivity index (χ4n) is 5.87. The van der Waals surface area contributed by atoms with Crippen molar-refractivity contribution in [1.29, 1.82) is 0 Å². The van der Waals surface area contributed by atoms with E-state index in [1.54, 1.807) is 0 Å². The van der Waals surface area contributed by atoms with Gasteiger partial charge in [0.1, 0.15) is 29.4 Å². The average Bonchev–Trinajstić information content (AvgIpc) is 3.38. The van der Waals surface area contributed by atoms with Crippen molar-refractivity contribution in [3.63, 3.8) is 0 Å². The third-order valence-electron chi connectivity index (χ3n) is 7.61. The van der Waals surface area contributed by atoms with Crippen LogP contribution in [0.4, 0.5) is 0 Å². The molecule has 41 heavy (non-hydrogen) atoms. The van der Waals surface area contributed by atoms with Gasteiger partial charge in [-0.05, 0) is 18.2 Å². The van der Waals surface area contributed by atoms with E-state index in [0.29, 0.717) is 0 Å². The molecule has 0 amide bonds. The largest absolute Gasteiger partial charge is 0.507 e. The standard InChI is InChI=1S/C30H22O11/c1-38-21(33)11-13-10-18-28(40-13)16-6-4-8-20(32)24(16)29(37)30(18)25-17(9-14(41-30)12-22(34)39-2)26(35)15-5-3-7-19(31)23(15)27(25)36/h3-8,10,14,31-32H,9,11-12H2,1-2H3/t14-,30+/m0/s1. The summed E-state index contributed by atoms with van der Waals surface area (Å²) in [6.45, 7) is 0. The summed E-state index contributed by atoms with van der Waals surface area (Å²) in [5.74, 6) is -4.52. The number of fused-ring (bicyclic) bond motifs is 6. The van der Waals surface area contributed by atoms with Gasteiger partial charge < -0.3 is 28.8 Å². The number of aromatic hydroxyl groups is 2. The fourth-order valence-corrected chi connectivity index (χ4v) is 5.87. The quantitative estimate of drug-likeness (QED) is 0.451. The molecule has 6 rings (SSSR count). The number of phenolic OH excluding ortho intramolecular Hbond substituents is 2. The molecule has 2 aliphatic carbocycles. The number of phenols is 2. The van der Waals surface area contributed by atoms with Gasteiger partial charge in [-0.2, -0.15) is 0 Å². The molecule has 208 valence electrons. The second-order valence-electron chi connectivity index (χ2n) is 9.85. The topological polar surface area (TPSA) is 167 Å². The van der Waals surface area contributed by atoms with Gasteiger partial charge in [0.2, 0.25) is 5.78 Å². The van der Waals surface area contributed by atoms with E-state index in [9.17, 15) is 34.2 Å². The lowest BCUT2D eigenvalue weighted by Crippen LogP contribution is -2.52. The molecule has 0 fully saturated rings. The van der Waals surface area contributed by atoms with Crippen molar-refractivity contribution >= 4 is 29.3 Å². The zero-order chi connectivity index (χ0) is 29.2. The maximum atomic E-state index is 14.6. The third kappa shape index (κ3) is 3.66. The summed E-state index contributed by atoms with van der Waals surface area (Å²) in [7, 11) is 2.37. The number of methoxy groups -OCH3 is 2. The molecule has 0 saturated heterocycles. The Morgan fingerprint density at radius 1 is 0.927 bits per heavy atom. The number of rotatable bonds is 4. The zero-order valence-electron chi connectivity index (χ0n) is 21.8. The number of Topliss-reactive ketones (excluding diaryl/α,β-unsaturated/α-hetero) is 3. The minimum Gasteiger partial charge on any atom is -0.507 e. The summed E-state index contributed by atoms with van der Waals surface area (Å²) in [5.41, 5.74) is -3.25. The van der Waals surface area contributed by atoms with Crippen molar-refractivity contribution in [1.82, 2.24) is 0 Å². The first-order chi connectivity index (χ1) is 19.6. The van der Waals surface area contributed by atoms with Crippen LogP contribution < -0.4 is 0 Å². The van der Waals surface area contributed by atoms with Gasteiger partial charge in [0, 0.05) is 28.7 Å². The number of hydrogen-bond donors (Lipinski definition) is 2. The normalized spacial score (nSPS) is 20.7. The highest BCUT2D eigenvalue weighted by molar-refractivity contribution is 6.32. The zero-order valence-corrected chi connectivity index (χ0v) is 21.8. The average molecular weight is 558 g/mol. The first-order valence-corrected chi connectivity index (χ1v) is 12.6. The molecule has 2 heterocycles. The molecular formula is C30H22O11. The van der Waals surface area contributed by atoms with Crippen LogP contribution in [0.3, 0.4) is 0 Å².